The summed E-state index contributed by atoms with van der Waals surface area (Å²) in [6.07, 6.45) is 0. The molecule has 2 nitrogen and oxygen atoms in total. The fourth-order valence-electron chi connectivity index (χ4n) is 1.56. The number of nitrogens with zero attached hydrogens (tertiary/aromatic N) is 1. The molecule has 0 aromatic heterocycles. The van der Waals surface area contributed by atoms with Crippen molar-refractivity contribution in [1.29, 1.82) is 0 Å². The van der Waals surface area contributed by atoms with Crippen molar-refractivity contribution in [3.63, 3.8) is 0 Å². The normalized spacial score (nSPS) is 11.0. The highest BCUT2D eigenvalue weighted by Crippen LogP contribution is 2.19. The van der Waals surface area contributed by atoms with Gasteiger partial charge >= 0.3 is 0 Å². The lowest BCUT2D eigenvalue weighted by molar-refractivity contribution is 0.295. The molecule has 15 heavy (non-hydrogen) atoms. The van der Waals surface area contributed by atoms with Gasteiger partial charge in [-0.25, -0.2) is 0 Å². The predicted octanol–water partition coefficient (Wildman–Crippen LogP) is 2.75. The van der Waals surface area contributed by atoms with Crippen LogP contribution < -0.4 is 5.73 Å². The number of rotatable bonds is 5. The molecule has 1 rings (SSSR count). The Labute approximate surface area is 101 Å². The van der Waals surface area contributed by atoms with Crippen molar-refractivity contribution in [2.45, 2.75) is 26.9 Å². The fourth-order valence-corrected chi connectivity index (χ4v) is 1.94. The SMILES string of the molecule is CCN(CC)Cc1cc(CN)ccc1Br. The van der Waals surface area contributed by atoms with Crippen LogP contribution in [0.15, 0.2) is 22.7 Å². The zero-order chi connectivity index (χ0) is 11.3. The van der Waals surface area contributed by atoms with Gasteiger partial charge in [-0.05, 0) is 30.3 Å². The lowest BCUT2D eigenvalue weighted by atomic mass is 10.1. The van der Waals surface area contributed by atoms with Gasteiger partial charge in [0.05, 0.1) is 0 Å². The summed E-state index contributed by atoms with van der Waals surface area (Å²) in [5.74, 6) is 0. The summed E-state index contributed by atoms with van der Waals surface area (Å²) in [5, 5.41) is 0. The lowest BCUT2D eigenvalue weighted by Gasteiger charge is -2.19. The van der Waals surface area contributed by atoms with Crippen LogP contribution in [-0.2, 0) is 13.1 Å². The molecule has 0 unspecified atom stereocenters. The van der Waals surface area contributed by atoms with Crippen molar-refractivity contribution >= 4 is 15.9 Å². The smallest absolute Gasteiger partial charge is 0.0244 e. The highest BCUT2D eigenvalue weighted by atomic mass is 79.9. The van der Waals surface area contributed by atoms with Crippen LogP contribution in [0.3, 0.4) is 0 Å². The van der Waals surface area contributed by atoms with Crippen LogP contribution in [0.25, 0.3) is 0 Å². The molecule has 0 saturated carbocycles. The van der Waals surface area contributed by atoms with Gasteiger partial charge in [-0.2, -0.15) is 0 Å². The third kappa shape index (κ3) is 3.59. The summed E-state index contributed by atoms with van der Waals surface area (Å²) in [5.41, 5.74) is 8.15. The second kappa shape index (κ2) is 6.26. The first-order valence-corrected chi connectivity index (χ1v) is 6.20. The van der Waals surface area contributed by atoms with Gasteiger partial charge < -0.3 is 5.73 Å². The van der Waals surface area contributed by atoms with Gasteiger partial charge in [0.15, 0.2) is 0 Å². The van der Waals surface area contributed by atoms with Crippen molar-refractivity contribution in [3.05, 3.63) is 33.8 Å². The predicted molar refractivity (Wildman–Crippen MR) is 68.7 cm³/mol. The van der Waals surface area contributed by atoms with Crippen LogP contribution in [0.5, 0.6) is 0 Å². The largest absolute Gasteiger partial charge is 0.326 e. The van der Waals surface area contributed by atoms with Crippen molar-refractivity contribution in [2.24, 2.45) is 5.73 Å². The molecule has 0 heterocycles. The zero-order valence-electron chi connectivity index (χ0n) is 9.46. The first-order chi connectivity index (χ1) is 7.21. The monoisotopic (exact) mass is 270 g/mol. The molecule has 3 heteroatoms. The topological polar surface area (TPSA) is 29.3 Å². The van der Waals surface area contributed by atoms with Gasteiger partial charge in [0.1, 0.15) is 0 Å². The number of hydrogen-bond acceptors (Lipinski definition) is 2. The Morgan fingerprint density at radius 3 is 2.47 bits per heavy atom. The van der Waals surface area contributed by atoms with E-state index in [1.807, 2.05) is 0 Å². The van der Waals surface area contributed by atoms with Crippen LogP contribution in [-0.4, -0.2) is 18.0 Å². The summed E-state index contributed by atoms with van der Waals surface area (Å²) in [7, 11) is 0. The lowest BCUT2D eigenvalue weighted by Crippen LogP contribution is -2.22. The number of halogens is 1. The van der Waals surface area contributed by atoms with E-state index in [-0.39, 0.29) is 0 Å². The molecule has 0 fully saturated rings. The minimum atomic E-state index is 0.610. The quantitative estimate of drug-likeness (QED) is 0.892. The van der Waals surface area contributed by atoms with E-state index in [2.05, 4.69) is 52.9 Å². The van der Waals surface area contributed by atoms with Crippen LogP contribution >= 0.6 is 15.9 Å². The first kappa shape index (κ1) is 12.7. The molecule has 84 valence electrons. The molecular formula is C12H19BrN2. The summed E-state index contributed by atoms with van der Waals surface area (Å²) in [6.45, 7) is 8.12. The summed E-state index contributed by atoms with van der Waals surface area (Å²) < 4.78 is 1.17. The molecule has 0 bridgehead atoms. The molecule has 2 N–H and O–H groups in total. The third-order valence-corrected chi connectivity index (χ3v) is 3.41. The van der Waals surface area contributed by atoms with Crippen molar-refractivity contribution < 1.29 is 0 Å². The number of hydrogen-bond donors (Lipinski definition) is 1. The highest BCUT2D eigenvalue weighted by Gasteiger charge is 2.05. The van der Waals surface area contributed by atoms with Crippen LogP contribution in [0.2, 0.25) is 0 Å². The third-order valence-electron chi connectivity index (χ3n) is 2.63. The maximum atomic E-state index is 5.64. The van der Waals surface area contributed by atoms with Crippen molar-refractivity contribution in [2.75, 3.05) is 13.1 Å². The fraction of sp³-hybridized carbons (Fsp3) is 0.500. The van der Waals surface area contributed by atoms with E-state index < -0.39 is 0 Å². The Morgan fingerprint density at radius 2 is 1.93 bits per heavy atom. The van der Waals surface area contributed by atoms with E-state index in [0.717, 1.165) is 19.6 Å². The molecule has 0 aliphatic heterocycles. The molecule has 0 radical (unpaired) electrons. The highest BCUT2D eigenvalue weighted by molar-refractivity contribution is 9.10. The maximum absolute atomic E-state index is 5.64. The molecule has 0 aliphatic rings. The molecule has 1 aromatic carbocycles. The van der Waals surface area contributed by atoms with Gasteiger partial charge in [-0.15, -0.1) is 0 Å². The van der Waals surface area contributed by atoms with Gasteiger partial charge in [-0.1, -0.05) is 41.9 Å². The molecule has 0 atom stereocenters. The van der Waals surface area contributed by atoms with E-state index in [1.54, 1.807) is 0 Å². The second-order valence-corrected chi connectivity index (χ2v) is 4.45. The van der Waals surface area contributed by atoms with Crippen molar-refractivity contribution in [1.82, 2.24) is 4.90 Å². The molecule has 0 spiro atoms. The molecular weight excluding hydrogens is 252 g/mol. The average Bonchev–Trinajstić information content (AvgIpc) is 2.28. The Kier molecular flexibility index (Phi) is 5.29. The number of nitrogens with two attached hydrogens (primary N) is 1. The molecule has 1 aromatic rings. The Morgan fingerprint density at radius 1 is 1.27 bits per heavy atom. The van der Waals surface area contributed by atoms with Gasteiger partial charge in [0, 0.05) is 17.6 Å². The van der Waals surface area contributed by atoms with Crippen LogP contribution in [0.4, 0.5) is 0 Å². The standard InChI is InChI=1S/C12H19BrN2/c1-3-15(4-2)9-11-7-10(8-14)5-6-12(11)13/h5-7H,3-4,8-9,14H2,1-2H3. The first-order valence-electron chi connectivity index (χ1n) is 5.41. The van der Waals surface area contributed by atoms with E-state index in [0.29, 0.717) is 6.54 Å². The summed E-state index contributed by atoms with van der Waals surface area (Å²) in [4.78, 5) is 2.39. The van der Waals surface area contributed by atoms with Crippen LogP contribution in [0.1, 0.15) is 25.0 Å². The van der Waals surface area contributed by atoms with Gasteiger partial charge in [0.2, 0.25) is 0 Å². The second-order valence-electron chi connectivity index (χ2n) is 3.59. The van der Waals surface area contributed by atoms with Gasteiger partial charge in [0.25, 0.3) is 0 Å². The Hall–Kier alpha value is -0.380. The molecule has 0 amide bonds. The van der Waals surface area contributed by atoms with Gasteiger partial charge in [-0.3, -0.25) is 4.90 Å². The molecule has 0 saturated heterocycles. The Bertz CT molecular complexity index is 308. The summed E-state index contributed by atoms with van der Waals surface area (Å²) >= 11 is 3.58. The van der Waals surface area contributed by atoms with Crippen molar-refractivity contribution in [3.8, 4) is 0 Å². The van der Waals surface area contributed by atoms with E-state index in [9.17, 15) is 0 Å². The minimum absolute atomic E-state index is 0.610. The van der Waals surface area contributed by atoms with Crippen LogP contribution in [0, 0.1) is 0 Å². The Balaban J connectivity index is 2.82. The van der Waals surface area contributed by atoms with E-state index >= 15 is 0 Å². The minimum Gasteiger partial charge on any atom is -0.326 e. The zero-order valence-corrected chi connectivity index (χ0v) is 11.0. The number of benzene rings is 1. The average molecular weight is 271 g/mol. The van der Waals surface area contributed by atoms with E-state index in [1.165, 1.54) is 15.6 Å². The summed E-state index contributed by atoms with van der Waals surface area (Å²) in [6, 6.07) is 6.33. The molecule has 0 aliphatic carbocycles. The van der Waals surface area contributed by atoms with E-state index in [4.69, 9.17) is 5.73 Å². The maximum Gasteiger partial charge on any atom is 0.0244 e.